The summed E-state index contributed by atoms with van der Waals surface area (Å²) in [6, 6.07) is 3.36. The van der Waals surface area contributed by atoms with Crippen LogP contribution in [-0.2, 0) is 0 Å². The Balaban J connectivity index is 0.00000324. The van der Waals surface area contributed by atoms with Gasteiger partial charge in [-0.1, -0.05) is 6.07 Å². The molecule has 0 bridgehead atoms. The first-order valence-electron chi connectivity index (χ1n) is 5.53. The minimum atomic E-state index is -0.567. The summed E-state index contributed by atoms with van der Waals surface area (Å²) in [6.07, 6.45) is 0. The lowest BCUT2D eigenvalue weighted by atomic mass is 10.0. The van der Waals surface area contributed by atoms with Gasteiger partial charge in [0.15, 0.2) is 5.96 Å². The second-order valence-electron chi connectivity index (χ2n) is 4.10. The summed E-state index contributed by atoms with van der Waals surface area (Å²) >= 11 is 0. The van der Waals surface area contributed by atoms with Gasteiger partial charge in [-0.2, -0.15) is 0 Å². The summed E-state index contributed by atoms with van der Waals surface area (Å²) in [4.78, 5) is 5.46. The van der Waals surface area contributed by atoms with Crippen molar-refractivity contribution in [3.63, 3.8) is 0 Å². The summed E-state index contributed by atoms with van der Waals surface area (Å²) in [7, 11) is 5.03. The van der Waals surface area contributed by atoms with Crippen molar-refractivity contribution in [2.24, 2.45) is 10.7 Å². The molecule has 0 saturated carbocycles. The molecular formula is C12H19F2IN4. The average molecular weight is 384 g/mol. The van der Waals surface area contributed by atoms with Crippen molar-refractivity contribution in [2.45, 2.75) is 6.04 Å². The molecule has 7 heteroatoms. The van der Waals surface area contributed by atoms with E-state index in [1.54, 1.807) is 19.0 Å². The Labute approximate surface area is 129 Å². The Morgan fingerprint density at radius 1 is 1.37 bits per heavy atom. The smallest absolute Gasteiger partial charge is 0.188 e. The standard InChI is InChI=1S/C12H18F2N4.HI/c1-16-12(15)17-7-10(18(2)3)11-8(13)5-4-6-9(11)14;/h4-6,10H,7H2,1-3H3,(H3,15,16,17);1H. The zero-order valence-corrected chi connectivity index (χ0v) is 13.5. The SMILES string of the molecule is CN=C(N)NCC(c1c(F)cccc1F)N(C)C.I. The number of aliphatic imine (C=N–C) groups is 1. The fourth-order valence-electron chi connectivity index (χ4n) is 1.65. The van der Waals surface area contributed by atoms with Gasteiger partial charge in [0.1, 0.15) is 11.6 Å². The molecule has 19 heavy (non-hydrogen) atoms. The van der Waals surface area contributed by atoms with Crippen molar-refractivity contribution in [3.05, 3.63) is 35.4 Å². The lowest BCUT2D eigenvalue weighted by Crippen LogP contribution is -2.39. The van der Waals surface area contributed by atoms with Crippen LogP contribution >= 0.6 is 24.0 Å². The molecule has 0 radical (unpaired) electrons. The lowest BCUT2D eigenvalue weighted by molar-refractivity contribution is 0.283. The maximum Gasteiger partial charge on any atom is 0.188 e. The fraction of sp³-hybridized carbons (Fsp3) is 0.417. The van der Waals surface area contributed by atoms with Crippen LogP contribution in [0.25, 0.3) is 0 Å². The van der Waals surface area contributed by atoms with Gasteiger partial charge in [0.05, 0.1) is 6.04 Å². The molecule has 1 rings (SSSR count). The van der Waals surface area contributed by atoms with Gasteiger partial charge >= 0.3 is 0 Å². The van der Waals surface area contributed by atoms with Crippen LogP contribution in [0.4, 0.5) is 8.78 Å². The molecule has 0 spiro atoms. The van der Waals surface area contributed by atoms with E-state index in [4.69, 9.17) is 5.73 Å². The van der Waals surface area contributed by atoms with Crippen molar-refractivity contribution < 1.29 is 8.78 Å². The van der Waals surface area contributed by atoms with Crippen LogP contribution in [0.2, 0.25) is 0 Å². The van der Waals surface area contributed by atoms with Crippen molar-refractivity contribution in [3.8, 4) is 0 Å². The molecule has 0 aliphatic carbocycles. The zero-order chi connectivity index (χ0) is 13.7. The molecule has 4 nitrogen and oxygen atoms in total. The van der Waals surface area contributed by atoms with Gasteiger partial charge in [-0.3, -0.25) is 4.99 Å². The third kappa shape index (κ3) is 4.90. The van der Waals surface area contributed by atoms with Crippen LogP contribution in [0.1, 0.15) is 11.6 Å². The van der Waals surface area contributed by atoms with Crippen LogP contribution in [0.15, 0.2) is 23.2 Å². The van der Waals surface area contributed by atoms with Gasteiger partial charge in [0, 0.05) is 19.2 Å². The van der Waals surface area contributed by atoms with Crippen LogP contribution < -0.4 is 11.1 Å². The Morgan fingerprint density at radius 2 is 1.89 bits per heavy atom. The molecule has 0 aromatic heterocycles. The number of nitrogens with one attached hydrogen (secondary N) is 1. The Morgan fingerprint density at radius 3 is 2.32 bits per heavy atom. The first kappa shape index (κ1) is 18.0. The summed E-state index contributed by atoms with van der Waals surface area (Å²) in [5, 5.41) is 2.82. The molecule has 0 heterocycles. The molecule has 1 unspecified atom stereocenters. The second kappa shape index (κ2) is 8.26. The predicted molar refractivity (Wildman–Crippen MR) is 83.8 cm³/mol. The minimum absolute atomic E-state index is 0. The van der Waals surface area contributed by atoms with Crippen molar-refractivity contribution in [2.75, 3.05) is 27.7 Å². The highest BCUT2D eigenvalue weighted by Crippen LogP contribution is 2.23. The molecule has 0 saturated heterocycles. The molecule has 0 amide bonds. The predicted octanol–water partition coefficient (Wildman–Crippen LogP) is 1.72. The lowest BCUT2D eigenvalue weighted by Gasteiger charge is -2.26. The number of nitrogens with zero attached hydrogens (tertiary/aromatic N) is 2. The number of hydrogen-bond acceptors (Lipinski definition) is 2. The van der Waals surface area contributed by atoms with Gasteiger partial charge in [-0.25, -0.2) is 8.78 Å². The van der Waals surface area contributed by atoms with E-state index in [0.29, 0.717) is 0 Å². The number of halogens is 3. The van der Waals surface area contributed by atoms with Crippen LogP contribution in [0, 0.1) is 11.6 Å². The third-order valence-electron chi connectivity index (χ3n) is 2.67. The zero-order valence-electron chi connectivity index (χ0n) is 11.2. The van der Waals surface area contributed by atoms with Crippen LogP contribution in [-0.4, -0.2) is 38.5 Å². The van der Waals surface area contributed by atoms with E-state index in [1.807, 2.05) is 0 Å². The third-order valence-corrected chi connectivity index (χ3v) is 2.67. The maximum absolute atomic E-state index is 13.7. The summed E-state index contributed by atoms with van der Waals surface area (Å²) in [5.41, 5.74) is 5.54. The highest BCUT2D eigenvalue weighted by molar-refractivity contribution is 14.0. The van der Waals surface area contributed by atoms with Gasteiger partial charge in [-0.15, -0.1) is 24.0 Å². The molecule has 3 N–H and O–H groups in total. The fourth-order valence-corrected chi connectivity index (χ4v) is 1.65. The van der Waals surface area contributed by atoms with Gasteiger partial charge in [-0.05, 0) is 26.2 Å². The van der Waals surface area contributed by atoms with Crippen molar-refractivity contribution >= 4 is 29.9 Å². The number of guanidine groups is 1. The number of rotatable bonds is 4. The molecule has 0 aliphatic rings. The van der Waals surface area contributed by atoms with Gasteiger partial charge in [0.25, 0.3) is 0 Å². The molecule has 108 valence electrons. The van der Waals surface area contributed by atoms with Crippen molar-refractivity contribution in [1.82, 2.24) is 10.2 Å². The second-order valence-corrected chi connectivity index (χ2v) is 4.10. The van der Waals surface area contributed by atoms with E-state index >= 15 is 0 Å². The number of nitrogens with two attached hydrogens (primary N) is 1. The molecule has 1 aromatic carbocycles. The van der Waals surface area contributed by atoms with Gasteiger partial charge < -0.3 is 16.0 Å². The number of benzene rings is 1. The molecule has 0 fully saturated rings. The van der Waals surface area contributed by atoms with Crippen molar-refractivity contribution in [1.29, 1.82) is 0 Å². The Kier molecular flexibility index (Phi) is 7.84. The Bertz CT molecular complexity index is 417. The van der Waals surface area contributed by atoms with Gasteiger partial charge in [0.2, 0.25) is 0 Å². The molecular weight excluding hydrogens is 365 g/mol. The quantitative estimate of drug-likeness (QED) is 0.472. The number of likely N-dealkylation sites (N-methyl/N-ethyl adjacent to an activating group) is 1. The number of hydrogen-bond donors (Lipinski definition) is 2. The van der Waals surface area contributed by atoms with E-state index < -0.39 is 17.7 Å². The topological polar surface area (TPSA) is 53.6 Å². The molecule has 1 aromatic rings. The van der Waals surface area contributed by atoms with E-state index in [2.05, 4.69) is 10.3 Å². The average Bonchev–Trinajstić information content (AvgIpc) is 2.31. The highest BCUT2D eigenvalue weighted by Gasteiger charge is 2.21. The Hall–Kier alpha value is -0.960. The normalized spacial score (nSPS) is 13.1. The monoisotopic (exact) mass is 384 g/mol. The minimum Gasteiger partial charge on any atom is -0.370 e. The molecule has 0 aliphatic heterocycles. The largest absolute Gasteiger partial charge is 0.370 e. The highest BCUT2D eigenvalue weighted by atomic mass is 127. The van der Waals surface area contributed by atoms with E-state index in [-0.39, 0.29) is 42.0 Å². The van der Waals surface area contributed by atoms with E-state index in [1.165, 1.54) is 25.2 Å². The van der Waals surface area contributed by atoms with E-state index in [9.17, 15) is 8.78 Å². The first-order valence-corrected chi connectivity index (χ1v) is 5.53. The van der Waals surface area contributed by atoms with Crippen LogP contribution in [0.5, 0.6) is 0 Å². The van der Waals surface area contributed by atoms with Crippen LogP contribution in [0.3, 0.4) is 0 Å². The maximum atomic E-state index is 13.7. The summed E-state index contributed by atoms with van der Waals surface area (Å²) in [5.74, 6) is -0.899. The summed E-state index contributed by atoms with van der Waals surface area (Å²) < 4.78 is 27.4. The van der Waals surface area contributed by atoms with E-state index in [0.717, 1.165) is 0 Å². The first-order chi connectivity index (χ1) is 8.47. The molecule has 1 atom stereocenters. The summed E-state index contributed by atoms with van der Waals surface area (Å²) in [6.45, 7) is 0.272.